The van der Waals surface area contributed by atoms with Crippen LogP contribution in [0.5, 0.6) is 5.75 Å². The zero-order valence-electron chi connectivity index (χ0n) is 14.1. The first-order valence-electron chi connectivity index (χ1n) is 8.19. The van der Waals surface area contributed by atoms with Crippen LogP contribution in [0.15, 0.2) is 47.4 Å². The Bertz CT molecular complexity index is 797. The molecule has 1 aromatic heterocycles. The van der Waals surface area contributed by atoms with Gasteiger partial charge in [0.15, 0.2) is 0 Å². The quantitative estimate of drug-likeness (QED) is 0.866. The number of nitrogens with zero attached hydrogens (tertiary/aromatic N) is 2. The van der Waals surface area contributed by atoms with E-state index < -0.39 is 0 Å². The molecule has 0 saturated carbocycles. The van der Waals surface area contributed by atoms with Crippen LogP contribution in [-0.2, 0) is 13.5 Å². The van der Waals surface area contributed by atoms with Crippen molar-refractivity contribution >= 4 is 5.91 Å². The van der Waals surface area contributed by atoms with Crippen LogP contribution in [0.4, 0.5) is 0 Å². The van der Waals surface area contributed by atoms with E-state index in [4.69, 9.17) is 4.74 Å². The summed E-state index contributed by atoms with van der Waals surface area (Å²) >= 11 is 0. The number of ether oxygens (including phenoxy) is 1. The average molecular weight is 326 g/mol. The summed E-state index contributed by atoms with van der Waals surface area (Å²) in [5.41, 5.74) is 1.40. The van der Waals surface area contributed by atoms with Gasteiger partial charge in [-0.2, -0.15) is 0 Å². The average Bonchev–Trinajstić information content (AvgIpc) is 3.05. The molecule has 3 rings (SSSR count). The zero-order chi connectivity index (χ0) is 17.1. The topological polar surface area (TPSA) is 51.5 Å². The fraction of sp³-hybridized carbons (Fsp3) is 0.368. The Labute approximate surface area is 141 Å². The second-order valence-corrected chi connectivity index (χ2v) is 6.18. The van der Waals surface area contributed by atoms with Crippen LogP contribution in [0.3, 0.4) is 0 Å². The van der Waals surface area contributed by atoms with Gasteiger partial charge in [-0.1, -0.05) is 18.2 Å². The molecule has 1 aliphatic heterocycles. The van der Waals surface area contributed by atoms with E-state index in [9.17, 15) is 9.59 Å². The number of amides is 1. The lowest BCUT2D eigenvalue weighted by atomic mass is 10.0. The van der Waals surface area contributed by atoms with Crippen LogP contribution in [0.1, 0.15) is 28.8 Å². The Hall–Kier alpha value is -2.56. The van der Waals surface area contributed by atoms with Crippen molar-refractivity contribution in [2.75, 3.05) is 13.7 Å². The zero-order valence-corrected chi connectivity index (χ0v) is 14.1. The van der Waals surface area contributed by atoms with Crippen molar-refractivity contribution < 1.29 is 9.53 Å². The second-order valence-electron chi connectivity index (χ2n) is 6.18. The number of likely N-dealkylation sites (tertiary alicyclic amines) is 1. The Balaban J connectivity index is 1.81. The van der Waals surface area contributed by atoms with E-state index in [-0.39, 0.29) is 17.5 Å². The summed E-state index contributed by atoms with van der Waals surface area (Å²) < 4.78 is 6.88. The number of carbonyl (C=O) groups is 1. The third kappa shape index (κ3) is 3.20. The Morgan fingerprint density at radius 3 is 2.83 bits per heavy atom. The molecule has 126 valence electrons. The maximum Gasteiger partial charge on any atom is 0.254 e. The molecular weight excluding hydrogens is 304 g/mol. The SMILES string of the molecule is COc1ccccc1C[C@H]1CCCN1C(=O)c1ccn(C)c(=O)c1. The molecular formula is C19H22N2O3. The molecule has 2 aromatic rings. The van der Waals surface area contributed by atoms with Gasteiger partial charge in [0.05, 0.1) is 7.11 Å². The lowest BCUT2D eigenvalue weighted by Crippen LogP contribution is -2.37. The molecule has 5 nitrogen and oxygen atoms in total. The molecule has 2 heterocycles. The molecule has 5 heteroatoms. The first kappa shape index (κ1) is 16.3. The third-order valence-electron chi connectivity index (χ3n) is 4.64. The van der Waals surface area contributed by atoms with E-state index in [0.29, 0.717) is 5.56 Å². The molecule has 24 heavy (non-hydrogen) atoms. The lowest BCUT2D eigenvalue weighted by Gasteiger charge is -2.25. The molecule has 0 bridgehead atoms. The number of benzene rings is 1. The highest BCUT2D eigenvalue weighted by atomic mass is 16.5. The van der Waals surface area contributed by atoms with E-state index in [0.717, 1.165) is 37.1 Å². The molecule has 1 aromatic carbocycles. The fourth-order valence-corrected chi connectivity index (χ4v) is 3.29. The van der Waals surface area contributed by atoms with Crippen LogP contribution in [0, 0.1) is 0 Å². The standard InChI is InChI=1S/C19H22N2O3/c1-20-11-9-15(13-18(20)22)19(23)21-10-5-7-16(21)12-14-6-3-4-8-17(14)24-2/h3-4,6,8-9,11,13,16H,5,7,10,12H2,1-2H3/t16-/m1/s1. The summed E-state index contributed by atoms with van der Waals surface area (Å²) in [6.07, 6.45) is 4.35. The summed E-state index contributed by atoms with van der Waals surface area (Å²) in [7, 11) is 3.34. The van der Waals surface area contributed by atoms with Gasteiger partial charge >= 0.3 is 0 Å². The first-order valence-corrected chi connectivity index (χ1v) is 8.19. The summed E-state index contributed by atoms with van der Waals surface area (Å²) in [4.78, 5) is 26.5. The molecule has 1 fully saturated rings. The molecule has 0 unspecified atom stereocenters. The number of para-hydroxylation sites is 1. The summed E-state index contributed by atoms with van der Waals surface area (Å²) in [6.45, 7) is 0.730. The van der Waals surface area contributed by atoms with Crippen molar-refractivity contribution in [3.05, 3.63) is 64.1 Å². The fourth-order valence-electron chi connectivity index (χ4n) is 3.29. The van der Waals surface area contributed by atoms with Crippen LogP contribution >= 0.6 is 0 Å². The summed E-state index contributed by atoms with van der Waals surface area (Å²) in [5.74, 6) is 0.787. The highest BCUT2D eigenvalue weighted by molar-refractivity contribution is 5.94. The normalized spacial score (nSPS) is 17.1. The van der Waals surface area contributed by atoms with E-state index in [1.54, 1.807) is 26.4 Å². The first-order chi connectivity index (χ1) is 11.6. The number of methoxy groups -OCH3 is 1. The van der Waals surface area contributed by atoms with Crippen LogP contribution in [-0.4, -0.2) is 35.1 Å². The molecule has 0 aliphatic carbocycles. The van der Waals surface area contributed by atoms with Gasteiger partial charge in [0.1, 0.15) is 5.75 Å². The van der Waals surface area contributed by atoms with Gasteiger partial charge in [-0.15, -0.1) is 0 Å². The van der Waals surface area contributed by atoms with Gasteiger partial charge in [-0.25, -0.2) is 0 Å². The van der Waals surface area contributed by atoms with Crippen LogP contribution in [0.2, 0.25) is 0 Å². The van der Waals surface area contributed by atoms with Gasteiger partial charge in [-0.05, 0) is 37.0 Å². The summed E-state index contributed by atoms with van der Waals surface area (Å²) in [6, 6.07) is 11.2. The van der Waals surface area contributed by atoms with Gasteiger partial charge < -0.3 is 14.2 Å². The van der Waals surface area contributed by atoms with E-state index in [1.165, 1.54) is 10.6 Å². The van der Waals surface area contributed by atoms with E-state index in [1.807, 2.05) is 29.2 Å². The molecule has 1 aliphatic rings. The molecule has 0 radical (unpaired) electrons. The highest BCUT2D eigenvalue weighted by Gasteiger charge is 2.30. The van der Waals surface area contributed by atoms with Crippen LogP contribution < -0.4 is 10.3 Å². The van der Waals surface area contributed by atoms with Crippen molar-refractivity contribution in [3.63, 3.8) is 0 Å². The molecule has 1 atom stereocenters. The van der Waals surface area contributed by atoms with Gasteiger partial charge in [0.25, 0.3) is 11.5 Å². The number of aromatic nitrogens is 1. The van der Waals surface area contributed by atoms with Crippen molar-refractivity contribution in [1.82, 2.24) is 9.47 Å². The highest BCUT2D eigenvalue weighted by Crippen LogP contribution is 2.27. The minimum Gasteiger partial charge on any atom is -0.496 e. The number of pyridine rings is 1. The third-order valence-corrected chi connectivity index (χ3v) is 4.64. The predicted molar refractivity (Wildman–Crippen MR) is 92.4 cm³/mol. The Morgan fingerprint density at radius 1 is 1.29 bits per heavy atom. The van der Waals surface area contributed by atoms with Gasteiger partial charge in [0.2, 0.25) is 0 Å². The minimum atomic E-state index is -0.165. The maximum atomic E-state index is 12.8. The minimum absolute atomic E-state index is 0.0647. The number of aryl methyl sites for hydroxylation is 1. The number of hydrogen-bond donors (Lipinski definition) is 0. The molecule has 0 N–H and O–H groups in total. The van der Waals surface area contributed by atoms with Gasteiger partial charge in [-0.3, -0.25) is 9.59 Å². The van der Waals surface area contributed by atoms with Gasteiger partial charge in [0, 0.05) is 37.5 Å². The van der Waals surface area contributed by atoms with E-state index >= 15 is 0 Å². The second kappa shape index (κ2) is 6.91. The van der Waals surface area contributed by atoms with Crippen molar-refractivity contribution in [2.24, 2.45) is 7.05 Å². The van der Waals surface area contributed by atoms with Crippen LogP contribution in [0.25, 0.3) is 0 Å². The van der Waals surface area contributed by atoms with Crippen molar-refractivity contribution in [3.8, 4) is 5.75 Å². The monoisotopic (exact) mass is 326 g/mol. The number of carbonyl (C=O) groups excluding carboxylic acids is 1. The molecule has 1 amide bonds. The van der Waals surface area contributed by atoms with E-state index in [2.05, 4.69) is 0 Å². The Morgan fingerprint density at radius 2 is 2.08 bits per heavy atom. The lowest BCUT2D eigenvalue weighted by molar-refractivity contribution is 0.0735. The largest absolute Gasteiger partial charge is 0.496 e. The smallest absolute Gasteiger partial charge is 0.254 e. The number of hydrogen-bond acceptors (Lipinski definition) is 3. The maximum absolute atomic E-state index is 12.8. The van der Waals surface area contributed by atoms with Crippen molar-refractivity contribution in [1.29, 1.82) is 0 Å². The van der Waals surface area contributed by atoms with Crippen molar-refractivity contribution in [2.45, 2.75) is 25.3 Å². The molecule has 1 saturated heterocycles. The molecule has 0 spiro atoms. The predicted octanol–water partition coefficient (Wildman–Crippen LogP) is 2.24. The number of rotatable bonds is 4. The Kier molecular flexibility index (Phi) is 4.69. The summed E-state index contributed by atoms with van der Waals surface area (Å²) in [5, 5.41) is 0.